The topological polar surface area (TPSA) is 21.3 Å². The van der Waals surface area contributed by atoms with Crippen LogP contribution in [0.25, 0.3) is 10.8 Å². The van der Waals surface area contributed by atoms with Crippen LogP contribution in [0.15, 0.2) is 84.9 Å². The van der Waals surface area contributed by atoms with Crippen LogP contribution in [0.3, 0.4) is 0 Å². The minimum Gasteiger partial charge on any atom is -0.489 e. The van der Waals surface area contributed by atoms with E-state index in [4.69, 9.17) is 16.3 Å². The summed E-state index contributed by atoms with van der Waals surface area (Å²) >= 11 is 6.03. The molecule has 28 heavy (non-hydrogen) atoms. The van der Waals surface area contributed by atoms with Gasteiger partial charge in [0.15, 0.2) is 0 Å². The van der Waals surface area contributed by atoms with Crippen molar-refractivity contribution < 1.29 is 9.13 Å². The Hall–Kier alpha value is -3.04. The minimum absolute atomic E-state index is 0.0963. The summed E-state index contributed by atoms with van der Waals surface area (Å²) in [6.45, 7) is 0.798. The van der Waals surface area contributed by atoms with Gasteiger partial charge in [-0.05, 0) is 41.3 Å². The maximum Gasteiger partial charge on any atom is 0.131 e. The van der Waals surface area contributed by atoms with Crippen molar-refractivity contribution in [3.8, 4) is 5.75 Å². The second-order valence-electron chi connectivity index (χ2n) is 6.51. The molecule has 4 rings (SSSR count). The van der Waals surface area contributed by atoms with Gasteiger partial charge in [-0.15, -0.1) is 0 Å². The molecule has 0 bridgehead atoms. The number of hydrogen-bond donors (Lipinski definition) is 1. The zero-order chi connectivity index (χ0) is 19.3. The molecule has 2 nitrogen and oxygen atoms in total. The summed E-state index contributed by atoms with van der Waals surface area (Å²) in [4.78, 5) is 0. The molecule has 0 radical (unpaired) electrons. The highest BCUT2D eigenvalue weighted by Crippen LogP contribution is 2.24. The third-order valence-electron chi connectivity index (χ3n) is 4.64. The van der Waals surface area contributed by atoms with Crippen LogP contribution >= 0.6 is 11.6 Å². The van der Waals surface area contributed by atoms with Gasteiger partial charge in [0, 0.05) is 23.2 Å². The lowest BCUT2D eigenvalue weighted by molar-refractivity contribution is 0.300. The van der Waals surface area contributed by atoms with Crippen molar-refractivity contribution in [3.63, 3.8) is 0 Å². The van der Waals surface area contributed by atoms with E-state index in [0.717, 1.165) is 11.3 Å². The van der Waals surface area contributed by atoms with Gasteiger partial charge in [0.25, 0.3) is 0 Å². The van der Waals surface area contributed by atoms with E-state index in [1.807, 2.05) is 36.4 Å². The van der Waals surface area contributed by atoms with Crippen LogP contribution in [0.5, 0.6) is 5.75 Å². The number of hydrogen-bond acceptors (Lipinski definition) is 2. The normalized spacial score (nSPS) is 10.8. The van der Waals surface area contributed by atoms with Gasteiger partial charge in [-0.25, -0.2) is 4.39 Å². The minimum atomic E-state index is -0.358. The van der Waals surface area contributed by atoms with E-state index in [2.05, 4.69) is 35.6 Å². The van der Waals surface area contributed by atoms with Gasteiger partial charge in [0.1, 0.15) is 18.2 Å². The van der Waals surface area contributed by atoms with Crippen molar-refractivity contribution in [2.75, 3.05) is 5.32 Å². The Morgan fingerprint density at radius 1 is 0.821 bits per heavy atom. The average molecular weight is 392 g/mol. The van der Waals surface area contributed by atoms with E-state index in [9.17, 15) is 4.39 Å². The van der Waals surface area contributed by atoms with Crippen LogP contribution in [-0.2, 0) is 13.2 Å². The zero-order valence-electron chi connectivity index (χ0n) is 15.2. The number of ether oxygens (including phenoxy) is 1. The molecule has 4 aromatic carbocycles. The molecule has 4 heteroatoms. The number of rotatable bonds is 6. The quantitative estimate of drug-likeness (QED) is 0.389. The lowest BCUT2D eigenvalue weighted by Gasteiger charge is -2.11. The summed E-state index contributed by atoms with van der Waals surface area (Å²) < 4.78 is 19.5. The predicted molar refractivity (Wildman–Crippen MR) is 113 cm³/mol. The van der Waals surface area contributed by atoms with E-state index in [0.29, 0.717) is 22.9 Å². The molecular formula is C24H19ClFNO. The summed E-state index contributed by atoms with van der Waals surface area (Å²) in [5, 5.41) is 6.27. The molecule has 0 aliphatic rings. The van der Waals surface area contributed by atoms with Gasteiger partial charge >= 0.3 is 0 Å². The molecule has 1 N–H and O–H groups in total. The fourth-order valence-corrected chi connectivity index (χ4v) is 3.32. The Labute approximate surface area is 168 Å². The molecule has 0 atom stereocenters. The maximum atomic E-state index is 13.8. The van der Waals surface area contributed by atoms with Crippen molar-refractivity contribution in [2.24, 2.45) is 0 Å². The Morgan fingerprint density at radius 3 is 2.39 bits per heavy atom. The lowest BCUT2D eigenvalue weighted by atomic mass is 10.1. The third kappa shape index (κ3) is 4.10. The summed E-state index contributed by atoms with van der Waals surface area (Å²) in [6, 6.07) is 26.9. The first-order chi connectivity index (χ1) is 13.7. The second-order valence-corrected chi connectivity index (χ2v) is 6.92. The average Bonchev–Trinajstić information content (AvgIpc) is 2.73. The molecule has 4 aromatic rings. The van der Waals surface area contributed by atoms with Crippen LogP contribution in [0.2, 0.25) is 5.02 Å². The molecule has 0 saturated carbocycles. The standard InChI is InChI=1S/C24H19ClFNO/c25-22-8-4-9-23(26)21(22)16-28-19-13-11-17(12-14-19)15-27-24-10-3-6-18-5-1-2-7-20(18)24/h1-14,27H,15-16H2. The Morgan fingerprint density at radius 2 is 1.57 bits per heavy atom. The predicted octanol–water partition coefficient (Wildman–Crippen LogP) is 6.82. The monoisotopic (exact) mass is 391 g/mol. The van der Waals surface area contributed by atoms with Gasteiger partial charge < -0.3 is 10.1 Å². The number of halogens is 2. The molecule has 0 aliphatic carbocycles. The number of benzene rings is 4. The highest BCUT2D eigenvalue weighted by molar-refractivity contribution is 6.31. The fraction of sp³-hybridized carbons (Fsp3) is 0.0833. The van der Waals surface area contributed by atoms with Gasteiger partial charge in [-0.3, -0.25) is 0 Å². The van der Waals surface area contributed by atoms with Gasteiger partial charge in [0.2, 0.25) is 0 Å². The van der Waals surface area contributed by atoms with Crippen molar-refractivity contribution in [1.29, 1.82) is 0 Å². The molecule has 0 aromatic heterocycles. The molecule has 0 aliphatic heterocycles. The molecule has 0 heterocycles. The summed E-state index contributed by atoms with van der Waals surface area (Å²) in [5.41, 5.74) is 2.60. The van der Waals surface area contributed by atoms with Crippen molar-refractivity contribution >= 4 is 28.1 Å². The maximum absolute atomic E-state index is 13.8. The van der Waals surface area contributed by atoms with Crippen molar-refractivity contribution in [3.05, 3.63) is 107 Å². The molecular weight excluding hydrogens is 373 g/mol. The van der Waals surface area contributed by atoms with E-state index in [1.165, 1.54) is 16.8 Å². The molecule has 140 valence electrons. The second kappa shape index (κ2) is 8.32. The lowest BCUT2D eigenvalue weighted by Crippen LogP contribution is -2.01. The Balaban J connectivity index is 1.39. The third-order valence-corrected chi connectivity index (χ3v) is 4.99. The first-order valence-electron chi connectivity index (χ1n) is 9.07. The zero-order valence-corrected chi connectivity index (χ0v) is 15.9. The van der Waals surface area contributed by atoms with E-state index >= 15 is 0 Å². The molecule has 0 unspecified atom stereocenters. The highest BCUT2D eigenvalue weighted by Gasteiger charge is 2.07. The van der Waals surface area contributed by atoms with Gasteiger partial charge in [-0.2, -0.15) is 0 Å². The molecule has 0 amide bonds. The summed E-state index contributed by atoms with van der Waals surface area (Å²) in [5.74, 6) is 0.316. The first kappa shape index (κ1) is 18.3. The van der Waals surface area contributed by atoms with Gasteiger partial charge in [0.05, 0.1) is 5.02 Å². The molecule has 0 spiro atoms. The van der Waals surface area contributed by atoms with Gasteiger partial charge in [-0.1, -0.05) is 66.2 Å². The number of fused-ring (bicyclic) bond motifs is 1. The summed E-state index contributed by atoms with van der Waals surface area (Å²) in [7, 11) is 0. The number of anilines is 1. The van der Waals surface area contributed by atoms with Crippen LogP contribution in [0, 0.1) is 5.82 Å². The number of nitrogens with one attached hydrogen (secondary N) is 1. The van der Waals surface area contributed by atoms with E-state index in [-0.39, 0.29) is 12.4 Å². The summed E-state index contributed by atoms with van der Waals surface area (Å²) in [6.07, 6.45) is 0. The Bertz CT molecular complexity index is 1070. The highest BCUT2D eigenvalue weighted by atomic mass is 35.5. The smallest absolute Gasteiger partial charge is 0.131 e. The van der Waals surface area contributed by atoms with E-state index in [1.54, 1.807) is 12.1 Å². The van der Waals surface area contributed by atoms with Crippen LogP contribution < -0.4 is 10.1 Å². The van der Waals surface area contributed by atoms with Crippen LogP contribution in [0.4, 0.5) is 10.1 Å². The first-order valence-corrected chi connectivity index (χ1v) is 9.45. The van der Waals surface area contributed by atoms with Crippen LogP contribution in [0.1, 0.15) is 11.1 Å². The molecule has 0 saturated heterocycles. The SMILES string of the molecule is Fc1cccc(Cl)c1COc1ccc(CNc2cccc3ccccc23)cc1. The fourth-order valence-electron chi connectivity index (χ4n) is 3.11. The van der Waals surface area contributed by atoms with Crippen molar-refractivity contribution in [2.45, 2.75) is 13.2 Å². The largest absolute Gasteiger partial charge is 0.489 e. The Kier molecular flexibility index (Phi) is 5.45. The molecule has 0 fully saturated rings. The van der Waals surface area contributed by atoms with E-state index < -0.39 is 0 Å². The van der Waals surface area contributed by atoms with Crippen LogP contribution in [-0.4, -0.2) is 0 Å². The van der Waals surface area contributed by atoms with Crippen molar-refractivity contribution in [1.82, 2.24) is 0 Å².